The fraction of sp³-hybridized carbons (Fsp3) is 0.750. The predicted octanol–water partition coefficient (Wildman–Crippen LogP) is -0.887. The van der Waals surface area contributed by atoms with Crippen LogP contribution in [0.5, 0.6) is 0 Å². The van der Waals surface area contributed by atoms with Crippen molar-refractivity contribution in [3.05, 3.63) is 0 Å². The van der Waals surface area contributed by atoms with Crippen molar-refractivity contribution in [3.63, 3.8) is 0 Å². The largest absolute Gasteiger partial charge is 0.860 e. The van der Waals surface area contributed by atoms with E-state index in [2.05, 4.69) is 4.74 Å². The van der Waals surface area contributed by atoms with Crippen molar-refractivity contribution in [2.75, 3.05) is 6.61 Å². The molecule has 3 nitrogen and oxygen atoms in total. The Hall–Kier alpha value is -0.570. The van der Waals surface area contributed by atoms with Gasteiger partial charge in [-0.3, -0.25) is 0 Å². The van der Waals surface area contributed by atoms with Gasteiger partial charge in [0.1, 0.15) is 0 Å². The van der Waals surface area contributed by atoms with Crippen LogP contribution in [0.3, 0.4) is 0 Å². The number of hydrogen-bond acceptors (Lipinski definition) is 3. The molecule has 0 bridgehead atoms. The Kier molecular flexibility index (Phi) is 0.982. The molecule has 1 saturated heterocycles. The molecule has 0 aliphatic carbocycles. The first-order valence-corrected chi connectivity index (χ1v) is 2.18. The number of nitrogens with one attached hydrogen (secondary N) is 1. The molecule has 1 unspecified atom stereocenters. The lowest BCUT2D eigenvalue weighted by atomic mass is 10.2. The first kappa shape index (κ1) is 4.59. The maximum atomic E-state index is 9.97. The predicted molar refractivity (Wildman–Crippen MR) is 22.1 cm³/mol. The minimum absolute atomic E-state index is 0.389. The third-order valence-corrected chi connectivity index (χ3v) is 0.992. The van der Waals surface area contributed by atoms with Crippen molar-refractivity contribution < 1.29 is 9.84 Å². The van der Waals surface area contributed by atoms with Crippen LogP contribution in [-0.2, 0) is 4.74 Å². The van der Waals surface area contributed by atoms with E-state index < -0.39 is 5.90 Å². The molecule has 0 amide bonds. The molecule has 0 aromatic carbocycles. The molecule has 3 heteroatoms. The molecule has 1 N–H and O–H groups in total. The molecule has 1 aliphatic heterocycles. The van der Waals surface area contributed by atoms with E-state index in [4.69, 9.17) is 5.41 Å². The molecule has 0 saturated carbocycles. The summed E-state index contributed by atoms with van der Waals surface area (Å²) in [5.74, 6) is -0.591. The van der Waals surface area contributed by atoms with Crippen LogP contribution in [0.15, 0.2) is 0 Å². The average molecular weight is 100 g/mol. The van der Waals surface area contributed by atoms with Gasteiger partial charge in [-0.1, -0.05) is 0 Å². The van der Waals surface area contributed by atoms with Crippen LogP contribution in [0.25, 0.3) is 0 Å². The highest BCUT2D eigenvalue weighted by Crippen LogP contribution is 2.08. The molecule has 0 radical (unpaired) electrons. The van der Waals surface area contributed by atoms with E-state index in [0.717, 1.165) is 6.42 Å². The molecule has 1 fully saturated rings. The van der Waals surface area contributed by atoms with Crippen molar-refractivity contribution in [3.8, 4) is 0 Å². The summed E-state index contributed by atoms with van der Waals surface area (Å²) in [7, 11) is 0. The van der Waals surface area contributed by atoms with Crippen LogP contribution in [0, 0.1) is 5.41 Å². The van der Waals surface area contributed by atoms with Gasteiger partial charge < -0.3 is 15.3 Å². The van der Waals surface area contributed by atoms with Crippen LogP contribution in [-0.4, -0.2) is 18.6 Å². The molecule has 7 heavy (non-hydrogen) atoms. The van der Waals surface area contributed by atoms with Gasteiger partial charge in [-0.05, 0) is 5.90 Å². The monoisotopic (exact) mass is 100 g/mol. The Morgan fingerprint density at radius 3 is 2.43 bits per heavy atom. The Morgan fingerprint density at radius 1 is 1.86 bits per heavy atom. The van der Waals surface area contributed by atoms with Gasteiger partial charge in [0.15, 0.2) is 0 Å². The fourth-order valence-corrected chi connectivity index (χ4v) is 0.442. The van der Waals surface area contributed by atoms with Crippen molar-refractivity contribution in [1.82, 2.24) is 0 Å². The number of hydrogen-bond donors (Lipinski definition) is 1. The fourth-order valence-electron chi connectivity index (χ4n) is 0.442. The van der Waals surface area contributed by atoms with Crippen LogP contribution in [0.2, 0.25) is 0 Å². The maximum absolute atomic E-state index is 9.97. The van der Waals surface area contributed by atoms with Crippen LogP contribution < -0.4 is 5.11 Å². The van der Waals surface area contributed by atoms with Gasteiger partial charge in [0.2, 0.25) is 0 Å². The van der Waals surface area contributed by atoms with Gasteiger partial charge in [0, 0.05) is 6.42 Å². The molecule has 1 atom stereocenters. The summed E-state index contributed by atoms with van der Waals surface area (Å²) in [6.07, 6.45) is 0.350. The maximum Gasteiger partial charge on any atom is 0.0871 e. The molecule has 40 valence electrons. The first-order chi connectivity index (χ1) is 3.30. The Labute approximate surface area is 41.4 Å². The molecular formula is C4H6NO2-. The zero-order valence-corrected chi connectivity index (χ0v) is 3.81. The zero-order valence-electron chi connectivity index (χ0n) is 3.81. The molecule has 1 heterocycles. The number of ether oxygens (including phenoxy) is 1. The van der Waals surface area contributed by atoms with Crippen molar-refractivity contribution >= 4 is 5.90 Å². The van der Waals surface area contributed by atoms with Gasteiger partial charge in [0.25, 0.3) is 0 Å². The summed E-state index contributed by atoms with van der Waals surface area (Å²) < 4.78 is 4.66. The summed E-state index contributed by atoms with van der Waals surface area (Å²) >= 11 is 0. The highest BCUT2D eigenvalue weighted by Gasteiger charge is 2.16. The summed E-state index contributed by atoms with van der Waals surface area (Å²) in [4.78, 5) is 0. The molecule has 1 rings (SSSR count). The average Bonchev–Trinajstić information content (AvgIpc) is 1.23. The topological polar surface area (TPSA) is 56.1 Å². The van der Waals surface area contributed by atoms with Gasteiger partial charge in [-0.2, -0.15) is 0 Å². The summed E-state index contributed by atoms with van der Waals surface area (Å²) in [6, 6.07) is 0. The second-order valence-corrected chi connectivity index (χ2v) is 1.51. The normalized spacial score (nSPS) is 28.9. The van der Waals surface area contributed by atoms with E-state index in [1.807, 2.05) is 0 Å². The lowest BCUT2D eigenvalue weighted by molar-refractivity contribution is -0.240. The van der Waals surface area contributed by atoms with E-state index >= 15 is 0 Å². The second kappa shape index (κ2) is 1.50. The zero-order chi connectivity index (χ0) is 5.28. The smallest absolute Gasteiger partial charge is 0.0871 e. The Morgan fingerprint density at radius 2 is 2.43 bits per heavy atom. The van der Waals surface area contributed by atoms with E-state index in [0.29, 0.717) is 6.61 Å². The van der Waals surface area contributed by atoms with Gasteiger partial charge in [-0.25, -0.2) is 0 Å². The minimum Gasteiger partial charge on any atom is -0.860 e. The van der Waals surface area contributed by atoms with Gasteiger partial charge in [-0.15, -0.1) is 0 Å². The third-order valence-electron chi connectivity index (χ3n) is 0.992. The highest BCUT2D eigenvalue weighted by atomic mass is 16.5. The van der Waals surface area contributed by atoms with E-state index in [1.165, 1.54) is 0 Å². The first-order valence-electron chi connectivity index (χ1n) is 2.18. The quantitative estimate of drug-likeness (QED) is 0.343. The van der Waals surface area contributed by atoms with Crippen molar-refractivity contribution in [2.45, 2.75) is 12.5 Å². The number of rotatable bonds is 1. The van der Waals surface area contributed by atoms with Gasteiger partial charge >= 0.3 is 0 Å². The molecule has 1 aliphatic rings. The molecule has 0 spiro atoms. The molecule has 0 aromatic heterocycles. The Bertz CT molecular complexity index is 87.7. The third kappa shape index (κ3) is 0.718. The molecular weight excluding hydrogens is 94.0 g/mol. The van der Waals surface area contributed by atoms with Crippen LogP contribution in [0.1, 0.15) is 6.42 Å². The van der Waals surface area contributed by atoms with E-state index in [1.54, 1.807) is 0 Å². The van der Waals surface area contributed by atoms with Crippen LogP contribution in [0.4, 0.5) is 0 Å². The lowest BCUT2D eigenvalue weighted by Gasteiger charge is -2.29. The second-order valence-electron chi connectivity index (χ2n) is 1.51. The summed E-state index contributed by atoms with van der Waals surface area (Å²) in [5.41, 5.74) is 0. The lowest BCUT2D eigenvalue weighted by Crippen LogP contribution is -2.41. The van der Waals surface area contributed by atoms with E-state index in [-0.39, 0.29) is 6.10 Å². The van der Waals surface area contributed by atoms with Crippen molar-refractivity contribution in [2.24, 2.45) is 0 Å². The minimum atomic E-state index is -0.591. The Balaban J connectivity index is 2.27. The molecule has 0 aromatic rings. The summed E-state index contributed by atoms with van der Waals surface area (Å²) in [5, 5.41) is 16.4. The summed E-state index contributed by atoms with van der Waals surface area (Å²) in [6.45, 7) is 0.648. The van der Waals surface area contributed by atoms with Gasteiger partial charge in [0.05, 0.1) is 12.7 Å². The van der Waals surface area contributed by atoms with Crippen molar-refractivity contribution in [1.29, 1.82) is 5.41 Å². The standard InChI is InChI=1S/C4H7NO2/c5-4(6)3-1-2-7-3/h3H,1-2H2,(H2,5,6)/p-1. The van der Waals surface area contributed by atoms with E-state index in [9.17, 15) is 5.11 Å². The van der Waals surface area contributed by atoms with Crippen LogP contribution >= 0.6 is 0 Å². The highest BCUT2D eigenvalue weighted by molar-refractivity contribution is 5.73. The SMILES string of the molecule is N=C([O-])C1CCO1.